The summed E-state index contributed by atoms with van der Waals surface area (Å²) in [6.07, 6.45) is 9.97. The van der Waals surface area contributed by atoms with Crippen molar-refractivity contribution in [1.82, 2.24) is 5.06 Å². The molecule has 1 heterocycles. The molecule has 0 aromatic heterocycles. The molecule has 3 nitrogen and oxygen atoms in total. The second-order valence-electron chi connectivity index (χ2n) is 8.40. The van der Waals surface area contributed by atoms with E-state index in [1.165, 1.54) is 38.5 Å². The number of carbonyl (C=O) groups is 1. The van der Waals surface area contributed by atoms with Crippen molar-refractivity contribution < 1.29 is 9.63 Å². The molecule has 4 aliphatic carbocycles. The van der Waals surface area contributed by atoms with Crippen LogP contribution in [0.4, 0.5) is 0 Å². The van der Waals surface area contributed by atoms with Crippen LogP contribution < -0.4 is 0 Å². The molecule has 0 aromatic carbocycles. The summed E-state index contributed by atoms with van der Waals surface area (Å²) in [6.45, 7) is 5.27. The first-order valence-corrected chi connectivity index (χ1v) is 8.47. The highest BCUT2D eigenvalue weighted by molar-refractivity contribution is 5.76. The van der Waals surface area contributed by atoms with Crippen molar-refractivity contribution in [2.75, 3.05) is 6.54 Å². The highest BCUT2D eigenvalue weighted by Gasteiger charge is 2.58. The molecule has 1 amide bonds. The van der Waals surface area contributed by atoms with E-state index in [1.54, 1.807) is 5.06 Å². The van der Waals surface area contributed by atoms with Gasteiger partial charge in [0.1, 0.15) is 0 Å². The van der Waals surface area contributed by atoms with E-state index in [0.29, 0.717) is 11.8 Å². The van der Waals surface area contributed by atoms with Crippen molar-refractivity contribution in [3.8, 4) is 0 Å². The van der Waals surface area contributed by atoms with Crippen LogP contribution in [0.1, 0.15) is 65.2 Å². The fraction of sp³-hybridized carbons (Fsp3) is 0.941. The fourth-order valence-electron chi connectivity index (χ4n) is 5.94. The van der Waals surface area contributed by atoms with Gasteiger partial charge in [-0.1, -0.05) is 0 Å². The van der Waals surface area contributed by atoms with E-state index < -0.39 is 0 Å². The van der Waals surface area contributed by atoms with Crippen molar-refractivity contribution in [3.63, 3.8) is 0 Å². The molecule has 0 aromatic rings. The summed E-state index contributed by atoms with van der Waals surface area (Å²) in [5.41, 5.74) is 0.133. The lowest BCUT2D eigenvalue weighted by Crippen LogP contribution is -2.58. The predicted molar refractivity (Wildman–Crippen MR) is 76.7 cm³/mol. The Morgan fingerprint density at radius 1 is 1.10 bits per heavy atom. The van der Waals surface area contributed by atoms with E-state index in [1.807, 2.05) is 0 Å². The highest BCUT2D eigenvalue weighted by Crippen LogP contribution is 2.64. The van der Waals surface area contributed by atoms with Crippen LogP contribution in [0.5, 0.6) is 0 Å². The fourth-order valence-corrected chi connectivity index (χ4v) is 5.94. The second-order valence-corrected chi connectivity index (χ2v) is 8.40. The van der Waals surface area contributed by atoms with Crippen molar-refractivity contribution in [1.29, 1.82) is 0 Å². The van der Waals surface area contributed by atoms with Crippen LogP contribution in [-0.2, 0) is 9.63 Å². The molecule has 1 saturated heterocycles. The van der Waals surface area contributed by atoms with Crippen molar-refractivity contribution >= 4 is 5.91 Å². The first kappa shape index (κ1) is 13.1. The predicted octanol–water partition coefficient (Wildman–Crippen LogP) is 3.54. The third-order valence-electron chi connectivity index (χ3n) is 6.68. The lowest BCUT2D eigenvalue weighted by molar-refractivity contribution is -0.281. The minimum atomic E-state index is -0.191. The molecule has 20 heavy (non-hydrogen) atoms. The van der Waals surface area contributed by atoms with E-state index in [4.69, 9.17) is 4.84 Å². The molecule has 4 saturated carbocycles. The quantitative estimate of drug-likeness (QED) is 0.789. The SMILES string of the molecule is CC(C)(ON1CCCC1=O)C12CC3CC(CC(C3)C1)C2. The van der Waals surface area contributed by atoms with Crippen LogP contribution in [0.2, 0.25) is 0 Å². The van der Waals surface area contributed by atoms with Crippen molar-refractivity contribution in [2.45, 2.75) is 70.8 Å². The standard InChI is InChI=1S/C17H27NO2/c1-16(2,20-18-5-3-4-15(18)19)17-9-12-6-13(10-17)8-14(7-12)11-17/h12-14H,3-11H2,1-2H3. The monoisotopic (exact) mass is 277 g/mol. The molecule has 5 rings (SSSR count). The molecule has 0 atom stereocenters. The summed E-state index contributed by atoms with van der Waals surface area (Å²) in [6, 6.07) is 0. The number of rotatable bonds is 3. The smallest absolute Gasteiger partial charge is 0.246 e. The maximum Gasteiger partial charge on any atom is 0.246 e. The summed E-state index contributed by atoms with van der Waals surface area (Å²) in [5.74, 6) is 2.97. The zero-order valence-electron chi connectivity index (χ0n) is 12.9. The lowest BCUT2D eigenvalue weighted by Gasteiger charge is -2.62. The molecule has 112 valence electrons. The number of nitrogens with zero attached hydrogens (tertiary/aromatic N) is 1. The summed E-state index contributed by atoms with van der Waals surface area (Å²) < 4.78 is 0. The zero-order chi connectivity index (χ0) is 14.0. The van der Waals surface area contributed by atoms with Gasteiger partial charge in [0.2, 0.25) is 5.91 Å². The molecule has 4 bridgehead atoms. The highest BCUT2D eigenvalue weighted by atomic mass is 16.7. The normalized spacial score (nSPS) is 43.6. The van der Waals surface area contributed by atoms with E-state index in [9.17, 15) is 4.79 Å². The summed E-state index contributed by atoms with van der Waals surface area (Å²) >= 11 is 0. The van der Waals surface area contributed by atoms with Gasteiger partial charge >= 0.3 is 0 Å². The van der Waals surface area contributed by atoms with Gasteiger partial charge in [-0.15, -0.1) is 0 Å². The molecule has 0 N–H and O–H groups in total. The Hall–Kier alpha value is -0.570. The molecule has 1 aliphatic heterocycles. The van der Waals surface area contributed by atoms with Gasteiger partial charge in [0.25, 0.3) is 0 Å². The van der Waals surface area contributed by atoms with Crippen LogP contribution in [0, 0.1) is 23.2 Å². The van der Waals surface area contributed by atoms with Gasteiger partial charge in [-0.3, -0.25) is 9.63 Å². The van der Waals surface area contributed by atoms with Gasteiger partial charge in [0, 0.05) is 18.4 Å². The van der Waals surface area contributed by atoms with Gasteiger partial charge in [0.15, 0.2) is 0 Å². The number of hydrogen-bond acceptors (Lipinski definition) is 2. The molecular formula is C17H27NO2. The van der Waals surface area contributed by atoms with Crippen LogP contribution in [-0.4, -0.2) is 23.1 Å². The molecule has 5 fully saturated rings. The second kappa shape index (κ2) is 4.22. The van der Waals surface area contributed by atoms with Crippen molar-refractivity contribution in [3.05, 3.63) is 0 Å². The van der Waals surface area contributed by atoms with E-state index in [0.717, 1.165) is 30.7 Å². The van der Waals surface area contributed by atoms with Gasteiger partial charge < -0.3 is 0 Å². The Labute approximate surface area is 122 Å². The number of carbonyl (C=O) groups excluding carboxylic acids is 1. The number of amides is 1. The van der Waals surface area contributed by atoms with Crippen LogP contribution >= 0.6 is 0 Å². The molecule has 5 aliphatic rings. The van der Waals surface area contributed by atoms with E-state index in [-0.39, 0.29) is 11.5 Å². The minimum absolute atomic E-state index is 0.183. The summed E-state index contributed by atoms with van der Waals surface area (Å²) in [4.78, 5) is 18.2. The Balaban J connectivity index is 1.57. The molecule has 0 unspecified atom stereocenters. The van der Waals surface area contributed by atoms with Gasteiger partial charge in [0.05, 0.1) is 5.60 Å². The minimum Gasteiger partial charge on any atom is -0.273 e. The first-order chi connectivity index (χ1) is 9.47. The Kier molecular flexibility index (Phi) is 2.77. The van der Waals surface area contributed by atoms with Gasteiger partial charge in [-0.25, -0.2) is 5.06 Å². The molecule has 0 radical (unpaired) electrons. The Morgan fingerprint density at radius 3 is 2.10 bits per heavy atom. The zero-order valence-corrected chi connectivity index (χ0v) is 12.9. The average molecular weight is 277 g/mol. The number of hydrogen-bond donors (Lipinski definition) is 0. The third-order valence-corrected chi connectivity index (χ3v) is 6.68. The van der Waals surface area contributed by atoms with Crippen molar-refractivity contribution in [2.24, 2.45) is 23.2 Å². The van der Waals surface area contributed by atoms with E-state index >= 15 is 0 Å². The molecule has 0 spiro atoms. The maximum atomic E-state index is 11.9. The largest absolute Gasteiger partial charge is 0.273 e. The summed E-state index contributed by atoms with van der Waals surface area (Å²) in [5, 5.41) is 1.67. The Morgan fingerprint density at radius 2 is 1.65 bits per heavy atom. The number of hydroxylamine groups is 2. The molecular weight excluding hydrogens is 250 g/mol. The van der Waals surface area contributed by atoms with Crippen LogP contribution in [0.3, 0.4) is 0 Å². The molecule has 3 heteroatoms. The summed E-state index contributed by atoms with van der Waals surface area (Å²) in [7, 11) is 0. The van der Waals surface area contributed by atoms with Gasteiger partial charge in [-0.2, -0.15) is 0 Å². The topological polar surface area (TPSA) is 29.5 Å². The van der Waals surface area contributed by atoms with Crippen LogP contribution in [0.25, 0.3) is 0 Å². The average Bonchev–Trinajstić information content (AvgIpc) is 2.72. The third kappa shape index (κ3) is 1.85. The van der Waals surface area contributed by atoms with Gasteiger partial charge in [-0.05, 0) is 76.5 Å². The van der Waals surface area contributed by atoms with Crippen LogP contribution in [0.15, 0.2) is 0 Å². The maximum absolute atomic E-state index is 11.9. The van der Waals surface area contributed by atoms with E-state index in [2.05, 4.69) is 13.8 Å². The lowest BCUT2D eigenvalue weighted by atomic mass is 9.46. The Bertz CT molecular complexity index is 393. The first-order valence-electron chi connectivity index (χ1n) is 8.47.